The van der Waals surface area contributed by atoms with Crippen molar-refractivity contribution in [2.75, 3.05) is 13.2 Å². The monoisotopic (exact) mass is 341 g/mol. The lowest BCUT2D eigenvalue weighted by atomic mass is 9.97. The van der Waals surface area contributed by atoms with E-state index in [1.807, 2.05) is 0 Å². The molecule has 0 bridgehead atoms. The van der Waals surface area contributed by atoms with E-state index in [1.165, 1.54) is 0 Å². The van der Waals surface area contributed by atoms with E-state index < -0.39 is 68.5 Å². The second-order valence-corrected chi connectivity index (χ2v) is 5.37. The maximum Gasteiger partial charge on any atom is 0.187 e. The molecule has 0 amide bonds. The van der Waals surface area contributed by atoms with Gasteiger partial charge in [-0.25, -0.2) is 0 Å². The molecule has 0 aliphatic carbocycles. The first kappa shape index (κ1) is 18.9. The lowest BCUT2D eigenvalue weighted by Crippen LogP contribution is -2.63. The van der Waals surface area contributed by atoms with Gasteiger partial charge in [-0.15, -0.1) is 0 Å². The Morgan fingerprint density at radius 3 is 2.09 bits per heavy atom. The number of aliphatic hydroxyl groups is 8. The lowest BCUT2D eigenvalue weighted by molar-refractivity contribution is -0.341. The van der Waals surface area contributed by atoms with Crippen LogP contribution in [0.1, 0.15) is 0 Å². The number of rotatable bonds is 4. The molecule has 2 rings (SSSR count). The van der Waals surface area contributed by atoms with Crippen molar-refractivity contribution in [3.05, 3.63) is 6.10 Å². The Balaban J connectivity index is 2.11. The predicted octanol–water partition coefficient (Wildman–Crippen LogP) is -5.23. The average Bonchev–Trinajstić information content (AvgIpc) is 2.55. The molecule has 1 radical (unpaired) electrons. The summed E-state index contributed by atoms with van der Waals surface area (Å²) in [5, 5.41) is 76.4. The van der Waals surface area contributed by atoms with E-state index in [0.29, 0.717) is 0 Å². The largest absolute Gasteiger partial charge is 0.394 e. The maximum absolute atomic E-state index is 9.94. The molecule has 2 saturated heterocycles. The van der Waals surface area contributed by atoms with Crippen molar-refractivity contribution in [1.82, 2.24) is 0 Å². The first-order chi connectivity index (χ1) is 10.8. The molecule has 1 unspecified atom stereocenters. The summed E-state index contributed by atoms with van der Waals surface area (Å²) in [6.07, 6.45) is -14.9. The molecule has 2 heterocycles. The molecule has 0 saturated carbocycles. The summed E-state index contributed by atoms with van der Waals surface area (Å²) in [6, 6.07) is 0. The van der Waals surface area contributed by atoms with Crippen molar-refractivity contribution < 1.29 is 55.1 Å². The third kappa shape index (κ3) is 3.65. The molecule has 9 atom stereocenters. The van der Waals surface area contributed by atoms with E-state index in [1.54, 1.807) is 0 Å². The van der Waals surface area contributed by atoms with Gasteiger partial charge in [0.05, 0.1) is 13.2 Å². The van der Waals surface area contributed by atoms with Crippen molar-refractivity contribution in [2.45, 2.75) is 55.3 Å². The van der Waals surface area contributed by atoms with Crippen LogP contribution >= 0.6 is 0 Å². The Labute approximate surface area is 130 Å². The number of ether oxygens (including phenoxy) is 3. The minimum Gasteiger partial charge on any atom is -0.394 e. The highest BCUT2D eigenvalue weighted by atomic mass is 16.7. The lowest BCUT2D eigenvalue weighted by Gasteiger charge is -2.44. The highest BCUT2D eigenvalue weighted by Crippen LogP contribution is 2.30. The van der Waals surface area contributed by atoms with Crippen LogP contribution in [0.2, 0.25) is 0 Å². The van der Waals surface area contributed by atoms with Crippen molar-refractivity contribution in [2.24, 2.45) is 0 Å². The molecule has 0 spiro atoms. The number of hydrogen-bond acceptors (Lipinski definition) is 11. The van der Waals surface area contributed by atoms with Gasteiger partial charge in [-0.3, -0.25) is 0 Å². The third-order valence-corrected chi connectivity index (χ3v) is 3.84. The Bertz CT molecular complexity index is 378. The van der Waals surface area contributed by atoms with Gasteiger partial charge in [0.1, 0.15) is 42.7 Å². The minimum atomic E-state index is -1.74. The zero-order chi connectivity index (χ0) is 17.3. The van der Waals surface area contributed by atoms with Crippen LogP contribution in [0.5, 0.6) is 0 Å². The van der Waals surface area contributed by atoms with E-state index in [0.717, 1.165) is 0 Å². The Morgan fingerprint density at radius 1 is 0.870 bits per heavy atom. The maximum atomic E-state index is 9.94. The van der Waals surface area contributed by atoms with Crippen molar-refractivity contribution in [3.8, 4) is 0 Å². The molecule has 11 nitrogen and oxygen atoms in total. The Hall–Kier alpha value is -0.440. The molecular weight excluding hydrogens is 320 g/mol. The van der Waals surface area contributed by atoms with Crippen LogP contribution < -0.4 is 0 Å². The molecule has 135 valence electrons. The second kappa shape index (κ2) is 7.63. The molecule has 2 aliphatic heterocycles. The Morgan fingerprint density at radius 2 is 1.52 bits per heavy atom. The van der Waals surface area contributed by atoms with Crippen LogP contribution in [-0.2, 0) is 14.2 Å². The van der Waals surface area contributed by atoms with E-state index in [9.17, 15) is 35.7 Å². The normalized spacial score (nSPS) is 49.3. The smallest absolute Gasteiger partial charge is 0.187 e. The van der Waals surface area contributed by atoms with Gasteiger partial charge in [0, 0.05) is 0 Å². The molecular formula is C12H21O11. The number of aliphatic hydroxyl groups excluding tert-OH is 8. The summed E-state index contributed by atoms with van der Waals surface area (Å²) in [5.41, 5.74) is 0. The quantitative estimate of drug-likeness (QED) is 0.244. The highest BCUT2D eigenvalue weighted by Gasteiger charge is 2.50. The van der Waals surface area contributed by atoms with Gasteiger partial charge in [-0.2, -0.15) is 0 Å². The molecule has 11 heteroatoms. The summed E-state index contributed by atoms with van der Waals surface area (Å²) in [6.45, 7) is -1.44. The van der Waals surface area contributed by atoms with Crippen LogP contribution in [0.25, 0.3) is 0 Å². The van der Waals surface area contributed by atoms with Gasteiger partial charge < -0.3 is 55.1 Å². The van der Waals surface area contributed by atoms with E-state index in [4.69, 9.17) is 19.3 Å². The molecule has 0 aromatic carbocycles. The van der Waals surface area contributed by atoms with Crippen LogP contribution in [-0.4, -0.2) is 109 Å². The van der Waals surface area contributed by atoms with Gasteiger partial charge in [0.25, 0.3) is 0 Å². The van der Waals surface area contributed by atoms with Crippen molar-refractivity contribution in [1.29, 1.82) is 0 Å². The van der Waals surface area contributed by atoms with Crippen LogP contribution in [0.3, 0.4) is 0 Å². The van der Waals surface area contributed by atoms with Gasteiger partial charge in [-0.05, 0) is 0 Å². The van der Waals surface area contributed by atoms with Crippen molar-refractivity contribution in [3.63, 3.8) is 0 Å². The summed E-state index contributed by atoms with van der Waals surface area (Å²) in [5.74, 6) is 0. The van der Waals surface area contributed by atoms with E-state index in [-0.39, 0.29) is 6.10 Å². The molecule has 8 N–H and O–H groups in total. The molecule has 2 aliphatic rings. The minimum absolute atomic E-state index is 0.361. The Kier molecular flexibility index (Phi) is 6.27. The summed E-state index contributed by atoms with van der Waals surface area (Å²) < 4.78 is 15.2. The molecule has 0 aromatic rings. The van der Waals surface area contributed by atoms with Gasteiger partial charge in [-0.1, -0.05) is 0 Å². The predicted molar refractivity (Wildman–Crippen MR) is 68.1 cm³/mol. The second-order valence-electron chi connectivity index (χ2n) is 5.37. The fraction of sp³-hybridized carbons (Fsp3) is 0.917. The zero-order valence-corrected chi connectivity index (χ0v) is 11.9. The summed E-state index contributed by atoms with van der Waals surface area (Å²) in [7, 11) is 0. The first-order valence-corrected chi connectivity index (χ1v) is 6.95. The van der Waals surface area contributed by atoms with Gasteiger partial charge in [0.15, 0.2) is 18.7 Å². The van der Waals surface area contributed by atoms with Gasteiger partial charge in [0.2, 0.25) is 0 Å². The standard InChI is InChI=1S/C12H21O11/c13-1-3-5(15)6(16)9(19)12(22-3)23-10-4(2-14)21-11(20)8(18)7(10)17/h4-20H,1-2H2/t4-,5-,6+,7-,8-,9-,10-,11?,12+/m1/s1. The average molecular weight is 341 g/mol. The molecule has 2 fully saturated rings. The first-order valence-electron chi connectivity index (χ1n) is 6.95. The fourth-order valence-electron chi connectivity index (χ4n) is 2.46. The van der Waals surface area contributed by atoms with E-state index in [2.05, 4.69) is 0 Å². The SMILES string of the molecule is OC[C]1O[C@@H](O[C@H]2[C@H](O)[C@@H](O)C(O)O[C@@H]2CO)[C@H](O)[C@@H](O)[C@@H]1O. The summed E-state index contributed by atoms with van der Waals surface area (Å²) in [4.78, 5) is 0. The third-order valence-electron chi connectivity index (χ3n) is 3.84. The summed E-state index contributed by atoms with van der Waals surface area (Å²) >= 11 is 0. The van der Waals surface area contributed by atoms with Crippen LogP contribution in [0, 0.1) is 6.10 Å². The van der Waals surface area contributed by atoms with E-state index >= 15 is 0 Å². The molecule has 23 heavy (non-hydrogen) atoms. The topological polar surface area (TPSA) is 190 Å². The van der Waals surface area contributed by atoms with Gasteiger partial charge >= 0.3 is 0 Å². The molecule has 0 aromatic heterocycles. The van der Waals surface area contributed by atoms with Crippen LogP contribution in [0.4, 0.5) is 0 Å². The number of hydrogen-bond donors (Lipinski definition) is 8. The fourth-order valence-corrected chi connectivity index (χ4v) is 2.46. The van der Waals surface area contributed by atoms with Crippen molar-refractivity contribution >= 4 is 0 Å². The van der Waals surface area contributed by atoms with Crippen LogP contribution in [0.15, 0.2) is 0 Å². The zero-order valence-electron chi connectivity index (χ0n) is 11.9. The highest BCUT2D eigenvalue weighted by molar-refractivity contribution is 5.01.